The molecule has 0 bridgehead atoms. The summed E-state index contributed by atoms with van der Waals surface area (Å²) in [5, 5.41) is 3.86. The fraction of sp³-hybridized carbons (Fsp3) is 0.391. The number of amides is 2. The molecule has 2 amide bonds. The van der Waals surface area contributed by atoms with Crippen molar-refractivity contribution in [1.29, 1.82) is 0 Å². The zero-order valence-electron chi connectivity index (χ0n) is 17.5. The van der Waals surface area contributed by atoms with E-state index in [1.807, 2.05) is 39.0 Å². The van der Waals surface area contributed by atoms with E-state index in [0.717, 1.165) is 6.42 Å². The molecule has 1 N–H and O–H groups in total. The maximum absolute atomic E-state index is 13.1. The predicted octanol–water partition coefficient (Wildman–Crippen LogP) is 5.09. The predicted molar refractivity (Wildman–Crippen MR) is 121 cm³/mol. The Morgan fingerprint density at radius 3 is 2.20 bits per heavy atom. The van der Waals surface area contributed by atoms with E-state index < -0.39 is 6.04 Å². The summed E-state index contributed by atoms with van der Waals surface area (Å²) in [5.41, 5.74) is 0.601. The zero-order chi connectivity index (χ0) is 22.1. The number of para-hydroxylation sites is 1. The number of rotatable bonds is 10. The maximum atomic E-state index is 13.1. The van der Waals surface area contributed by atoms with Crippen molar-refractivity contribution in [2.45, 2.75) is 52.2 Å². The first kappa shape index (κ1) is 24.0. The maximum Gasteiger partial charge on any atom is 0.261 e. The lowest BCUT2D eigenvalue weighted by Crippen LogP contribution is -2.51. The number of carbonyl (C=O) groups is 2. The molecule has 0 aliphatic heterocycles. The lowest BCUT2D eigenvalue weighted by molar-refractivity contribution is -0.143. The summed E-state index contributed by atoms with van der Waals surface area (Å²) >= 11 is 12.7. The molecule has 0 fully saturated rings. The highest BCUT2D eigenvalue weighted by Crippen LogP contribution is 2.27. The van der Waals surface area contributed by atoms with Crippen molar-refractivity contribution in [2.24, 2.45) is 0 Å². The third kappa shape index (κ3) is 6.64. The van der Waals surface area contributed by atoms with E-state index in [4.69, 9.17) is 27.9 Å². The quantitative estimate of drug-likeness (QED) is 0.547. The van der Waals surface area contributed by atoms with Gasteiger partial charge in [0.05, 0.1) is 0 Å². The molecule has 5 nitrogen and oxygen atoms in total. The Kier molecular flexibility index (Phi) is 9.47. The molecular weight excluding hydrogens is 423 g/mol. The largest absolute Gasteiger partial charge is 0.484 e. The number of nitrogens with zero attached hydrogens (tertiary/aromatic N) is 1. The van der Waals surface area contributed by atoms with Crippen LogP contribution < -0.4 is 10.1 Å². The SMILES string of the molecule is CCC(C)NC(=O)C(CC)N(Cc1c(Cl)cccc1Cl)C(=O)COc1ccccc1. The van der Waals surface area contributed by atoms with Crippen LogP contribution in [0.4, 0.5) is 0 Å². The van der Waals surface area contributed by atoms with Crippen molar-refractivity contribution in [3.8, 4) is 5.75 Å². The molecule has 30 heavy (non-hydrogen) atoms. The lowest BCUT2D eigenvalue weighted by atomic mass is 10.1. The van der Waals surface area contributed by atoms with Crippen LogP contribution in [-0.2, 0) is 16.1 Å². The van der Waals surface area contributed by atoms with Gasteiger partial charge in [0.25, 0.3) is 5.91 Å². The van der Waals surface area contributed by atoms with Crippen LogP contribution in [0.25, 0.3) is 0 Å². The number of ether oxygens (including phenoxy) is 1. The Balaban J connectivity index is 2.27. The molecule has 7 heteroatoms. The van der Waals surface area contributed by atoms with E-state index in [1.54, 1.807) is 30.3 Å². The van der Waals surface area contributed by atoms with Crippen molar-refractivity contribution in [1.82, 2.24) is 10.2 Å². The molecule has 0 radical (unpaired) electrons. The highest BCUT2D eigenvalue weighted by molar-refractivity contribution is 6.36. The van der Waals surface area contributed by atoms with Crippen molar-refractivity contribution in [2.75, 3.05) is 6.61 Å². The summed E-state index contributed by atoms with van der Waals surface area (Å²) < 4.78 is 5.63. The van der Waals surface area contributed by atoms with E-state index in [9.17, 15) is 9.59 Å². The van der Waals surface area contributed by atoms with Crippen LogP contribution in [0, 0.1) is 0 Å². The third-order valence-corrected chi connectivity index (χ3v) is 5.59. The van der Waals surface area contributed by atoms with Gasteiger partial charge in [-0.15, -0.1) is 0 Å². The molecule has 0 saturated heterocycles. The van der Waals surface area contributed by atoms with Crippen LogP contribution in [0.15, 0.2) is 48.5 Å². The summed E-state index contributed by atoms with van der Waals surface area (Å²) in [6.07, 6.45) is 1.24. The highest BCUT2D eigenvalue weighted by atomic mass is 35.5. The smallest absolute Gasteiger partial charge is 0.261 e. The van der Waals surface area contributed by atoms with E-state index in [-0.39, 0.29) is 31.0 Å². The van der Waals surface area contributed by atoms with Crippen molar-refractivity contribution in [3.05, 3.63) is 64.1 Å². The molecule has 0 aromatic heterocycles. The van der Waals surface area contributed by atoms with E-state index in [0.29, 0.717) is 27.8 Å². The van der Waals surface area contributed by atoms with Crippen LogP contribution in [-0.4, -0.2) is 35.4 Å². The van der Waals surface area contributed by atoms with Crippen LogP contribution >= 0.6 is 23.2 Å². The van der Waals surface area contributed by atoms with Gasteiger partial charge in [0.15, 0.2) is 6.61 Å². The Morgan fingerprint density at radius 1 is 1.00 bits per heavy atom. The fourth-order valence-corrected chi connectivity index (χ4v) is 3.48. The second-order valence-electron chi connectivity index (χ2n) is 7.07. The monoisotopic (exact) mass is 450 g/mol. The first-order chi connectivity index (χ1) is 14.4. The first-order valence-electron chi connectivity index (χ1n) is 10.1. The van der Waals surface area contributed by atoms with Crippen LogP contribution in [0.2, 0.25) is 10.0 Å². The van der Waals surface area contributed by atoms with Crippen molar-refractivity contribution < 1.29 is 14.3 Å². The van der Waals surface area contributed by atoms with Gasteiger partial charge < -0.3 is 15.0 Å². The first-order valence-corrected chi connectivity index (χ1v) is 10.8. The normalized spacial score (nSPS) is 12.7. The Hall–Kier alpha value is -2.24. The molecule has 0 aliphatic rings. The molecule has 2 aromatic rings. The van der Waals surface area contributed by atoms with Gasteiger partial charge in [-0.1, -0.05) is 61.3 Å². The molecule has 2 aromatic carbocycles. The number of hydrogen-bond acceptors (Lipinski definition) is 3. The summed E-state index contributed by atoms with van der Waals surface area (Å²) in [6.45, 7) is 5.71. The zero-order valence-corrected chi connectivity index (χ0v) is 19.0. The molecular formula is C23H28Cl2N2O3. The summed E-state index contributed by atoms with van der Waals surface area (Å²) in [5.74, 6) is 0.0581. The topological polar surface area (TPSA) is 58.6 Å². The molecule has 0 spiro atoms. The average molecular weight is 451 g/mol. The number of halogens is 2. The van der Waals surface area contributed by atoms with Gasteiger partial charge in [-0.2, -0.15) is 0 Å². The fourth-order valence-electron chi connectivity index (χ4n) is 2.96. The Labute approximate surface area is 188 Å². The second kappa shape index (κ2) is 11.8. The van der Waals surface area contributed by atoms with Gasteiger partial charge in [-0.05, 0) is 44.0 Å². The minimum Gasteiger partial charge on any atom is -0.484 e. The molecule has 2 atom stereocenters. The van der Waals surface area contributed by atoms with Gasteiger partial charge >= 0.3 is 0 Å². The highest BCUT2D eigenvalue weighted by Gasteiger charge is 2.30. The molecule has 2 rings (SSSR count). The van der Waals surface area contributed by atoms with Crippen molar-refractivity contribution in [3.63, 3.8) is 0 Å². The molecule has 2 unspecified atom stereocenters. The number of hydrogen-bond donors (Lipinski definition) is 1. The van der Waals surface area contributed by atoms with Gasteiger partial charge in [-0.25, -0.2) is 0 Å². The lowest BCUT2D eigenvalue weighted by Gasteiger charge is -2.31. The number of nitrogens with one attached hydrogen (secondary N) is 1. The van der Waals surface area contributed by atoms with Gasteiger partial charge in [0.2, 0.25) is 5.91 Å². The average Bonchev–Trinajstić information content (AvgIpc) is 2.74. The van der Waals surface area contributed by atoms with Crippen LogP contribution in [0.5, 0.6) is 5.75 Å². The molecule has 0 aliphatic carbocycles. The van der Waals surface area contributed by atoms with Gasteiger partial charge in [0.1, 0.15) is 11.8 Å². The summed E-state index contributed by atoms with van der Waals surface area (Å²) in [7, 11) is 0. The minimum atomic E-state index is -0.668. The standard InChI is InChI=1S/C23H28Cl2N2O3/c1-4-16(3)26-23(29)21(5-2)27(14-18-19(24)12-9-13-20(18)25)22(28)15-30-17-10-7-6-8-11-17/h6-13,16,21H,4-5,14-15H2,1-3H3,(H,26,29). The molecule has 0 heterocycles. The van der Waals surface area contributed by atoms with E-state index >= 15 is 0 Å². The Bertz CT molecular complexity index is 825. The summed E-state index contributed by atoms with van der Waals surface area (Å²) in [6, 6.07) is 13.6. The van der Waals surface area contributed by atoms with E-state index in [1.165, 1.54) is 4.90 Å². The van der Waals surface area contributed by atoms with Crippen LogP contribution in [0.1, 0.15) is 39.2 Å². The van der Waals surface area contributed by atoms with Crippen LogP contribution in [0.3, 0.4) is 0 Å². The van der Waals surface area contributed by atoms with Gasteiger partial charge in [0, 0.05) is 28.2 Å². The summed E-state index contributed by atoms with van der Waals surface area (Å²) in [4.78, 5) is 27.5. The molecule has 0 saturated carbocycles. The second-order valence-corrected chi connectivity index (χ2v) is 7.88. The minimum absolute atomic E-state index is 0.00738. The van der Waals surface area contributed by atoms with E-state index in [2.05, 4.69) is 5.32 Å². The molecule has 162 valence electrons. The Morgan fingerprint density at radius 2 is 1.63 bits per heavy atom. The van der Waals surface area contributed by atoms with Gasteiger partial charge in [-0.3, -0.25) is 9.59 Å². The third-order valence-electron chi connectivity index (χ3n) is 4.88. The number of carbonyl (C=O) groups excluding carboxylic acids is 2. The number of benzene rings is 2. The van der Waals surface area contributed by atoms with Crippen molar-refractivity contribution >= 4 is 35.0 Å².